The van der Waals surface area contributed by atoms with E-state index in [1.165, 1.54) is 0 Å². The van der Waals surface area contributed by atoms with Crippen LogP contribution in [0.25, 0.3) is 28.1 Å². The summed E-state index contributed by atoms with van der Waals surface area (Å²) in [6.45, 7) is 3.12. The molecule has 1 aliphatic carbocycles. The van der Waals surface area contributed by atoms with Crippen LogP contribution in [0.5, 0.6) is 0 Å². The highest BCUT2D eigenvalue weighted by Crippen LogP contribution is 2.46. The molecule has 2 aliphatic rings. The lowest BCUT2D eigenvalue weighted by Gasteiger charge is -2.17. The van der Waals surface area contributed by atoms with Crippen molar-refractivity contribution in [2.45, 2.75) is 44.8 Å². The topological polar surface area (TPSA) is 111 Å². The quantitative estimate of drug-likeness (QED) is 0.467. The first-order valence-electron chi connectivity index (χ1n) is 10.6. The number of aromatic nitrogens is 5. The summed E-state index contributed by atoms with van der Waals surface area (Å²) in [4.78, 5) is 22.8. The Labute approximate surface area is 187 Å². The van der Waals surface area contributed by atoms with Gasteiger partial charge in [0.2, 0.25) is 11.7 Å². The number of hydrogen-bond donors (Lipinski definition) is 0. The van der Waals surface area contributed by atoms with Gasteiger partial charge in [0.25, 0.3) is 5.56 Å². The average Bonchev–Trinajstić information content (AvgIpc) is 3.26. The number of ether oxygens (including phenoxy) is 1. The van der Waals surface area contributed by atoms with Crippen molar-refractivity contribution < 1.29 is 9.26 Å². The van der Waals surface area contributed by atoms with Gasteiger partial charge in [-0.05, 0) is 37.3 Å². The highest BCUT2D eigenvalue weighted by molar-refractivity contribution is 6.32. The molecule has 2 fully saturated rings. The van der Waals surface area contributed by atoms with Crippen molar-refractivity contribution in [2.75, 3.05) is 6.61 Å². The van der Waals surface area contributed by atoms with Gasteiger partial charge in [-0.1, -0.05) is 23.7 Å². The summed E-state index contributed by atoms with van der Waals surface area (Å²) in [5, 5.41) is 14.2. The van der Waals surface area contributed by atoms with Crippen molar-refractivity contribution in [1.82, 2.24) is 24.1 Å². The van der Waals surface area contributed by atoms with Crippen molar-refractivity contribution >= 4 is 28.2 Å². The monoisotopic (exact) mass is 450 g/mol. The summed E-state index contributed by atoms with van der Waals surface area (Å²) in [6, 6.07) is 5.60. The van der Waals surface area contributed by atoms with Gasteiger partial charge in [0.05, 0.1) is 34.3 Å². The molecule has 3 unspecified atom stereocenters. The van der Waals surface area contributed by atoms with Gasteiger partial charge in [0.1, 0.15) is 23.6 Å². The first-order valence-corrected chi connectivity index (χ1v) is 11.0. The van der Waals surface area contributed by atoms with Crippen LogP contribution < -0.4 is 5.56 Å². The Morgan fingerprint density at radius 1 is 1.34 bits per heavy atom. The maximum Gasteiger partial charge on any atom is 0.277 e. The number of imidazole rings is 1. The first kappa shape index (κ1) is 19.5. The molecule has 0 N–H and O–H groups in total. The fraction of sp³-hybridized carbons (Fsp3) is 0.409. The number of nitrogens with zero attached hydrogens (tertiary/aromatic N) is 6. The van der Waals surface area contributed by atoms with E-state index in [0.29, 0.717) is 52.2 Å². The molecule has 0 spiro atoms. The zero-order chi connectivity index (χ0) is 22.0. The van der Waals surface area contributed by atoms with E-state index in [2.05, 4.69) is 28.1 Å². The van der Waals surface area contributed by atoms with Crippen molar-refractivity contribution in [3.63, 3.8) is 0 Å². The molecule has 32 heavy (non-hydrogen) atoms. The second-order valence-electron chi connectivity index (χ2n) is 8.54. The largest absolute Gasteiger partial charge is 0.376 e. The van der Waals surface area contributed by atoms with Gasteiger partial charge in [0.15, 0.2) is 0 Å². The fourth-order valence-corrected chi connectivity index (χ4v) is 4.77. The lowest BCUT2D eigenvalue weighted by molar-refractivity contribution is 0.0973. The van der Waals surface area contributed by atoms with Crippen LogP contribution in [-0.4, -0.2) is 36.8 Å². The summed E-state index contributed by atoms with van der Waals surface area (Å²) in [5.41, 5.74) is 1.76. The molecular weight excluding hydrogens is 432 g/mol. The zero-order valence-corrected chi connectivity index (χ0v) is 18.0. The summed E-state index contributed by atoms with van der Waals surface area (Å²) in [5.74, 6) is 1.65. The minimum Gasteiger partial charge on any atom is -0.376 e. The Bertz CT molecular complexity index is 1470. The highest BCUT2D eigenvalue weighted by atomic mass is 35.5. The number of hydrogen-bond acceptors (Lipinski definition) is 7. The van der Waals surface area contributed by atoms with Crippen molar-refractivity contribution in [3.05, 3.63) is 45.3 Å². The van der Waals surface area contributed by atoms with E-state index < -0.39 is 0 Å². The summed E-state index contributed by atoms with van der Waals surface area (Å²) < 4.78 is 14.5. The second kappa shape index (κ2) is 7.15. The molecule has 0 amide bonds. The Kier molecular flexibility index (Phi) is 4.35. The van der Waals surface area contributed by atoms with Gasteiger partial charge in [-0.25, -0.2) is 4.98 Å². The Morgan fingerprint density at radius 2 is 2.19 bits per heavy atom. The molecule has 162 valence electrons. The van der Waals surface area contributed by atoms with E-state index >= 15 is 0 Å². The molecule has 1 saturated heterocycles. The molecule has 10 heteroatoms. The van der Waals surface area contributed by atoms with Gasteiger partial charge in [-0.15, -0.1) is 0 Å². The van der Waals surface area contributed by atoms with Gasteiger partial charge < -0.3 is 13.8 Å². The van der Waals surface area contributed by atoms with Gasteiger partial charge in [-0.2, -0.15) is 10.2 Å². The molecule has 4 heterocycles. The van der Waals surface area contributed by atoms with Crippen LogP contribution >= 0.6 is 11.6 Å². The number of fused-ring (bicyclic) bond motifs is 3. The van der Waals surface area contributed by atoms with Crippen molar-refractivity contribution in [3.8, 4) is 17.6 Å². The van der Waals surface area contributed by atoms with Crippen molar-refractivity contribution in [1.29, 1.82) is 5.26 Å². The van der Waals surface area contributed by atoms with Crippen LogP contribution in [0.2, 0.25) is 5.02 Å². The van der Waals surface area contributed by atoms with E-state index in [0.717, 1.165) is 19.3 Å². The molecule has 3 atom stereocenters. The molecule has 9 nitrogen and oxygen atoms in total. The van der Waals surface area contributed by atoms with Crippen LogP contribution in [0.15, 0.2) is 27.8 Å². The van der Waals surface area contributed by atoms with Crippen molar-refractivity contribution in [2.24, 2.45) is 5.92 Å². The Hall–Kier alpha value is -3.22. The smallest absolute Gasteiger partial charge is 0.277 e. The van der Waals surface area contributed by atoms with E-state index in [9.17, 15) is 10.1 Å². The number of nitriles is 1. The Balaban J connectivity index is 1.62. The maximum atomic E-state index is 13.8. The van der Waals surface area contributed by atoms with E-state index in [-0.39, 0.29) is 29.0 Å². The normalized spacial score (nSPS) is 22.6. The molecule has 0 bridgehead atoms. The van der Waals surface area contributed by atoms with Gasteiger partial charge >= 0.3 is 0 Å². The molecule has 6 rings (SSSR count). The predicted octanol–water partition coefficient (Wildman–Crippen LogP) is 3.53. The third kappa shape index (κ3) is 2.87. The van der Waals surface area contributed by atoms with Crippen LogP contribution in [-0.2, 0) is 11.3 Å². The van der Waals surface area contributed by atoms with E-state index in [4.69, 9.17) is 20.9 Å². The van der Waals surface area contributed by atoms with Crippen LogP contribution in [0.1, 0.15) is 43.6 Å². The van der Waals surface area contributed by atoms with E-state index in [1.807, 2.05) is 0 Å². The zero-order valence-electron chi connectivity index (χ0n) is 17.3. The van der Waals surface area contributed by atoms with Crippen LogP contribution in [0.3, 0.4) is 0 Å². The highest BCUT2D eigenvalue weighted by Gasteiger charge is 2.39. The summed E-state index contributed by atoms with van der Waals surface area (Å²) in [6.07, 6.45) is 4.25. The van der Waals surface area contributed by atoms with Crippen LogP contribution in [0, 0.1) is 17.2 Å². The minimum atomic E-state index is -0.301. The van der Waals surface area contributed by atoms with Crippen LogP contribution in [0.4, 0.5) is 0 Å². The first-order chi connectivity index (χ1) is 15.6. The maximum absolute atomic E-state index is 13.8. The summed E-state index contributed by atoms with van der Waals surface area (Å²) in [7, 11) is 0. The SMILES string of the molecule is CC1CC1c1nc(-c2ncn3c2c(=O)n(CC2CCCO2)c2c(C#N)c(Cl)ccc23)no1. The summed E-state index contributed by atoms with van der Waals surface area (Å²) >= 11 is 6.32. The number of benzene rings is 1. The molecule has 3 aromatic heterocycles. The number of rotatable bonds is 4. The van der Waals surface area contributed by atoms with E-state index in [1.54, 1.807) is 27.4 Å². The molecule has 1 aliphatic heterocycles. The molecule has 1 aromatic carbocycles. The predicted molar refractivity (Wildman–Crippen MR) is 115 cm³/mol. The molecular formula is C22H19ClN6O3. The lowest BCUT2D eigenvalue weighted by atomic mass is 10.1. The van der Waals surface area contributed by atoms with Gasteiger partial charge in [-0.3, -0.25) is 9.20 Å². The third-order valence-electron chi connectivity index (χ3n) is 6.45. The molecule has 4 aromatic rings. The standard InChI is InChI=1S/C22H19ClN6O3/c1-11-7-13(11)21-26-20(27-32-21)17-19-22(30)28(9-12-3-2-6-31-12)18-14(8-24)15(23)4-5-16(18)29(19)10-25-17/h4-5,10-13H,2-3,6-7,9H2,1H3. The molecule has 1 saturated carbocycles. The lowest BCUT2D eigenvalue weighted by Crippen LogP contribution is -2.29. The van der Waals surface area contributed by atoms with Gasteiger partial charge in [0, 0.05) is 12.5 Å². The Morgan fingerprint density at radius 3 is 2.91 bits per heavy atom. The third-order valence-corrected chi connectivity index (χ3v) is 6.77. The number of halogens is 1. The fourth-order valence-electron chi connectivity index (χ4n) is 4.57. The average molecular weight is 451 g/mol. The second-order valence-corrected chi connectivity index (χ2v) is 8.95. The minimum absolute atomic E-state index is 0.108. The molecule has 0 radical (unpaired) electrons.